The number of ether oxygens (including phenoxy) is 1. The maximum Gasteiger partial charge on any atom is 0.326 e. The molecule has 0 aliphatic heterocycles. The summed E-state index contributed by atoms with van der Waals surface area (Å²) in [4.78, 5) is 16.6. The molecule has 1 N–H and O–H groups in total. The molecule has 0 aromatic heterocycles. The molecule has 1 fully saturated rings. The van der Waals surface area contributed by atoms with E-state index in [1.54, 1.807) is 0 Å². The molecule has 0 spiro atoms. The normalized spacial score (nSPS) is 27.2. The van der Waals surface area contributed by atoms with Crippen molar-refractivity contribution in [1.82, 2.24) is 15.1 Å². The van der Waals surface area contributed by atoms with Crippen LogP contribution in [0.3, 0.4) is 0 Å². The van der Waals surface area contributed by atoms with Gasteiger partial charge in [-0.2, -0.15) is 0 Å². The summed E-state index contributed by atoms with van der Waals surface area (Å²) in [5.41, 5.74) is -0.472. The second kappa shape index (κ2) is 7.22. The first-order chi connectivity index (χ1) is 8.95. The number of nitrogens with one attached hydrogen (secondary N) is 1. The smallest absolute Gasteiger partial charge is 0.326 e. The second-order valence-corrected chi connectivity index (χ2v) is 5.78. The zero-order valence-corrected chi connectivity index (χ0v) is 13.0. The number of carbonyl (C=O) groups is 1. The Hall–Kier alpha value is -0.650. The third kappa shape index (κ3) is 4.16. The summed E-state index contributed by atoms with van der Waals surface area (Å²) in [7, 11) is 7.79. The lowest BCUT2D eigenvalue weighted by Crippen LogP contribution is -2.52. The van der Waals surface area contributed by atoms with E-state index < -0.39 is 5.54 Å². The van der Waals surface area contributed by atoms with Crippen molar-refractivity contribution in [3.8, 4) is 0 Å². The van der Waals surface area contributed by atoms with Crippen molar-refractivity contribution in [2.45, 2.75) is 37.8 Å². The van der Waals surface area contributed by atoms with Crippen LogP contribution in [0.4, 0.5) is 0 Å². The first kappa shape index (κ1) is 16.4. The van der Waals surface area contributed by atoms with Crippen molar-refractivity contribution < 1.29 is 9.53 Å². The van der Waals surface area contributed by atoms with Crippen molar-refractivity contribution in [2.75, 3.05) is 47.9 Å². The molecular weight excluding hydrogens is 242 g/mol. The summed E-state index contributed by atoms with van der Waals surface area (Å²) in [6.07, 6.45) is 2.76. The van der Waals surface area contributed by atoms with E-state index in [-0.39, 0.29) is 5.97 Å². The van der Waals surface area contributed by atoms with Crippen molar-refractivity contribution in [3.05, 3.63) is 0 Å². The summed E-state index contributed by atoms with van der Waals surface area (Å²) in [5, 5.41) is 3.35. The third-order valence-electron chi connectivity index (χ3n) is 4.10. The van der Waals surface area contributed by atoms with Crippen molar-refractivity contribution in [1.29, 1.82) is 0 Å². The van der Waals surface area contributed by atoms with Crippen LogP contribution >= 0.6 is 0 Å². The zero-order valence-electron chi connectivity index (χ0n) is 13.0. The van der Waals surface area contributed by atoms with Gasteiger partial charge in [-0.1, -0.05) is 6.92 Å². The minimum Gasteiger partial charge on any atom is -0.468 e. The Labute approximate surface area is 117 Å². The van der Waals surface area contributed by atoms with Gasteiger partial charge in [-0.25, -0.2) is 0 Å². The molecule has 0 bridgehead atoms. The summed E-state index contributed by atoms with van der Waals surface area (Å²) < 4.78 is 4.99. The lowest BCUT2D eigenvalue weighted by Gasteiger charge is -2.30. The van der Waals surface area contributed by atoms with E-state index in [9.17, 15) is 4.79 Å². The van der Waals surface area contributed by atoms with E-state index in [1.165, 1.54) is 7.11 Å². The average Bonchev–Trinajstić information content (AvgIpc) is 2.81. The topological polar surface area (TPSA) is 44.8 Å². The average molecular weight is 271 g/mol. The molecule has 0 radical (unpaired) electrons. The van der Waals surface area contributed by atoms with Gasteiger partial charge in [-0.15, -0.1) is 0 Å². The number of nitrogens with zero attached hydrogens (tertiary/aromatic N) is 2. The van der Waals surface area contributed by atoms with Crippen molar-refractivity contribution in [3.63, 3.8) is 0 Å². The van der Waals surface area contributed by atoms with E-state index in [1.807, 2.05) is 6.92 Å². The highest BCUT2D eigenvalue weighted by Gasteiger charge is 2.46. The van der Waals surface area contributed by atoms with E-state index in [2.05, 4.69) is 36.3 Å². The number of esters is 1. The lowest BCUT2D eigenvalue weighted by atomic mass is 9.97. The molecule has 0 aromatic rings. The molecular formula is C14H29N3O2. The molecule has 5 nitrogen and oxygen atoms in total. The molecule has 2 unspecified atom stereocenters. The van der Waals surface area contributed by atoms with Crippen molar-refractivity contribution >= 4 is 5.97 Å². The highest BCUT2D eigenvalue weighted by molar-refractivity contribution is 5.81. The van der Waals surface area contributed by atoms with Gasteiger partial charge >= 0.3 is 5.97 Å². The zero-order chi connectivity index (χ0) is 14.5. The number of methoxy groups -OCH3 is 1. The molecule has 0 heterocycles. The van der Waals surface area contributed by atoms with Gasteiger partial charge in [0.1, 0.15) is 5.54 Å². The Balaban J connectivity index is 2.60. The fraction of sp³-hybridized carbons (Fsp3) is 0.929. The van der Waals surface area contributed by atoms with Crippen LogP contribution in [0.1, 0.15) is 26.2 Å². The van der Waals surface area contributed by atoms with Crippen LogP contribution in [0.2, 0.25) is 0 Å². The van der Waals surface area contributed by atoms with Crippen LogP contribution in [-0.4, -0.2) is 75.2 Å². The Morgan fingerprint density at radius 1 is 1.37 bits per heavy atom. The van der Waals surface area contributed by atoms with Gasteiger partial charge in [0.2, 0.25) is 0 Å². The van der Waals surface area contributed by atoms with E-state index in [4.69, 9.17) is 4.74 Å². The van der Waals surface area contributed by atoms with Crippen molar-refractivity contribution in [2.24, 2.45) is 0 Å². The predicted molar refractivity (Wildman–Crippen MR) is 77.2 cm³/mol. The third-order valence-corrected chi connectivity index (χ3v) is 4.10. The van der Waals surface area contributed by atoms with E-state index in [0.29, 0.717) is 6.04 Å². The van der Waals surface area contributed by atoms with Crippen LogP contribution in [0.5, 0.6) is 0 Å². The predicted octanol–water partition coefficient (Wildman–Crippen LogP) is 0.554. The van der Waals surface area contributed by atoms with Gasteiger partial charge in [0.15, 0.2) is 0 Å². The number of hydrogen-bond donors (Lipinski definition) is 1. The Morgan fingerprint density at radius 3 is 2.58 bits per heavy atom. The molecule has 0 amide bonds. The molecule has 1 aliphatic rings. The highest BCUT2D eigenvalue weighted by Crippen LogP contribution is 2.33. The second-order valence-electron chi connectivity index (χ2n) is 5.78. The summed E-state index contributed by atoms with van der Waals surface area (Å²) >= 11 is 0. The van der Waals surface area contributed by atoms with Crippen LogP contribution in [0.15, 0.2) is 0 Å². The maximum absolute atomic E-state index is 12.0. The Kier molecular flexibility index (Phi) is 6.23. The van der Waals surface area contributed by atoms with Crippen LogP contribution in [-0.2, 0) is 9.53 Å². The van der Waals surface area contributed by atoms with Gasteiger partial charge in [-0.3, -0.25) is 4.79 Å². The fourth-order valence-electron chi connectivity index (χ4n) is 2.89. The van der Waals surface area contributed by atoms with Gasteiger partial charge in [-0.05, 0) is 47.0 Å². The molecule has 1 rings (SSSR count). The minimum absolute atomic E-state index is 0.113. The molecule has 2 atom stereocenters. The molecule has 1 saturated carbocycles. The molecule has 19 heavy (non-hydrogen) atoms. The first-order valence-electron chi connectivity index (χ1n) is 7.13. The summed E-state index contributed by atoms with van der Waals surface area (Å²) in [6, 6.07) is 0.457. The minimum atomic E-state index is -0.472. The van der Waals surface area contributed by atoms with Gasteiger partial charge in [0.25, 0.3) is 0 Å². The SMILES string of the molecule is CCNC1(C(=O)OC)CCC(N(C)CCN(C)C)C1. The van der Waals surface area contributed by atoms with E-state index >= 15 is 0 Å². The molecule has 1 aliphatic carbocycles. The molecule has 112 valence electrons. The number of hydrogen-bond acceptors (Lipinski definition) is 5. The van der Waals surface area contributed by atoms with Crippen LogP contribution in [0, 0.1) is 0 Å². The largest absolute Gasteiger partial charge is 0.468 e. The number of carbonyl (C=O) groups excluding carboxylic acids is 1. The van der Waals surface area contributed by atoms with Gasteiger partial charge in [0.05, 0.1) is 7.11 Å². The van der Waals surface area contributed by atoms with Gasteiger partial charge in [0, 0.05) is 19.1 Å². The molecule has 0 saturated heterocycles. The lowest BCUT2D eigenvalue weighted by molar-refractivity contribution is -0.148. The quantitative estimate of drug-likeness (QED) is 0.685. The van der Waals surface area contributed by atoms with Gasteiger partial charge < -0.3 is 19.9 Å². The highest BCUT2D eigenvalue weighted by atomic mass is 16.5. The standard InChI is InChI=1S/C14H29N3O2/c1-6-15-14(13(18)19-5)8-7-12(11-14)17(4)10-9-16(2)3/h12,15H,6-11H2,1-5H3. The monoisotopic (exact) mass is 271 g/mol. The maximum atomic E-state index is 12.0. The molecule has 5 heteroatoms. The van der Waals surface area contributed by atoms with E-state index in [0.717, 1.165) is 38.9 Å². The van der Waals surface area contributed by atoms with Crippen LogP contribution in [0.25, 0.3) is 0 Å². The summed E-state index contributed by atoms with van der Waals surface area (Å²) in [6.45, 7) is 4.90. The first-order valence-corrected chi connectivity index (χ1v) is 7.13. The number of likely N-dealkylation sites (N-methyl/N-ethyl adjacent to an activating group) is 3. The van der Waals surface area contributed by atoms with Crippen LogP contribution < -0.4 is 5.32 Å². The fourth-order valence-corrected chi connectivity index (χ4v) is 2.89. The Bertz CT molecular complexity index is 296. The molecule has 0 aromatic carbocycles. The number of rotatable bonds is 7. The summed E-state index contributed by atoms with van der Waals surface area (Å²) in [5.74, 6) is -0.113. The Morgan fingerprint density at radius 2 is 2.05 bits per heavy atom.